The zero-order valence-corrected chi connectivity index (χ0v) is 15.1. The van der Waals surface area contributed by atoms with Crippen molar-refractivity contribution in [3.05, 3.63) is 58.1 Å². The van der Waals surface area contributed by atoms with Crippen LogP contribution in [0.4, 0.5) is 0 Å². The number of aromatic nitrogens is 3. The Balaban J connectivity index is 1.70. The minimum absolute atomic E-state index is 0.140. The number of nitrogens with one attached hydrogen (secondary N) is 1. The number of amides is 1. The molecule has 0 fully saturated rings. The van der Waals surface area contributed by atoms with Gasteiger partial charge < -0.3 is 19.3 Å². The van der Waals surface area contributed by atoms with Crippen molar-refractivity contribution in [3.63, 3.8) is 0 Å². The van der Waals surface area contributed by atoms with Crippen molar-refractivity contribution < 1.29 is 18.8 Å². The Labute approximate surface area is 154 Å². The smallest absolute Gasteiger partial charge is 0.272 e. The Kier molecular flexibility index (Phi) is 5.20. The third kappa shape index (κ3) is 3.97. The maximum Gasteiger partial charge on any atom is 0.272 e. The second-order valence-electron chi connectivity index (χ2n) is 5.62. The first kappa shape index (κ1) is 18.2. The van der Waals surface area contributed by atoms with Crippen LogP contribution < -0.4 is 20.3 Å². The highest BCUT2D eigenvalue weighted by molar-refractivity contribution is 5.91. The fourth-order valence-electron chi connectivity index (χ4n) is 2.41. The maximum atomic E-state index is 12.1. The third-order valence-electron chi connectivity index (χ3n) is 3.85. The summed E-state index contributed by atoms with van der Waals surface area (Å²) in [4.78, 5) is 23.5. The topological polar surface area (TPSA) is 108 Å². The van der Waals surface area contributed by atoms with E-state index in [0.29, 0.717) is 23.0 Å². The molecule has 1 N–H and O–H groups in total. The lowest BCUT2D eigenvalue weighted by atomic mass is 10.1. The second-order valence-corrected chi connectivity index (χ2v) is 5.62. The van der Waals surface area contributed by atoms with Crippen LogP contribution in [0.5, 0.6) is 11.5 Å². The molecule has 0 aliphatic rings. The number of nitrogens with zero attached hydrogens (tertiary/aromatic N) is 3. The molecule has 140 valence electrons. The molecule has 2 heterocycles. The van der Waals surface area contributed by atoms with Crippen LogP contribution in [0.2, 0.25) is 0 Å². The molecule has 27 heavy (non-hydrogen) atoms. The number of carbonyl (C=O) groups excluding carboxylic acids is 1. The highest BCUT2D eigenvalue weighted by atomic mass is 16.5. The van der Waals surface area contributed by atoms with Crippen LogP contribution >= 0.6 is 0 Å². The molecule has 9 nitrogen and oxygen atoms in total. The van der Waals surface area contributed by atoms with E-state index in [2.05, 4.69) is 15.6 Å². The first-order valence-corrected chi connectivity index (χ1v) is 8.02. The fraction of sp³-hybridized carbons (Fsp3) is 0.222. The van der Waals surface area contributed by atoms with Gasteiger partial charge in [0, 0.05) is 24.7 Å². The van der Waals surface area contributed by atoms with Crippen molar-refractivity contribution in [3.8, 4) is 22.8 Å². The molecule has 0 unspecified atom stereocenters. The zero-order valence-electron chi connectivity index (χ0n) is 15.1. The minimum atomic E-state index is -0.415. The van der Waals surface area contributed by atoms with E-state index in [4.69, 9.17) is 14.0 Å². The number of benzene rings is 1. The fourth-order valence-corrected chi connectivity index (χ4v) is 2.41. The number of hydrogen-bond acceptors (Lipinski definition) is 7. The number of carbonyl (C=O) groups is 1. The molecule has 3 rings (SSSR count). The van der Waals surface area contributed by atoms with E-state index < -0.39 is 5.91 Å². The number of methoxy groups -OCH3 is 2. The SMILES string of the molecule is COc1ccc(-c2cc(CNC(=O)c3ccc(=O)n(C)n3)no2)cc1OC. The average molecular weight is 370 g/mol. The Hall–Kier alpha value is -3.62. The standard InChI is InChI=1S/C18H18N4O5/c1-22-17(23)7-5-13(20-22)18(24)19-10-12-9-15(27-21-12)11-4-6-14(25-2)16(8-11)26-3/h4-9H,10H2,1-3H3,(H,19,24). The number of rotatable bonds is 6. The normalized spacial score (nSPS) is 10.5. The van der Waals surface area contributed by atoms with Gasteiger partial charge in [-0.25, -0.2) is 4.68 Å². The summed E-state index contributed by atoms with van der Waals surface area (Å²) in [5, 5.41) is 10.5. The summed E-state index contributed by atoms with van der Waals surface area (Å²) in [6.07, 6.45) is 0. The molecule has 0 bridgehead atoms. The highest BCUT2D eigenvalue weighted by Crippen LogP contribution is 2.32. The van der Waals surface area contributed by atoms with Gasteiger partial charge in [-0.3, -0.25) is 9.59 Å². The lowest BCUT2D eigenvalue weighted by Crippen LogP contribution is -2.28. The average Bonchev–Trinajstić information content (AvgIpc) is 3.16. The van der Waals surface area contributed by atoms with Crippen LogP contribution in [0.15, 0.2) is 45.7 Å². The molecule has 0 saturated heterocycles. The number of aryl methyl sites for hydroxylation is 1. The van der Waals surface area contributed by atoms with E-state index in [9.17, 15) is 9.59 Å². The molecule has 1 aromatic carbocycles. The van der Waals surface area contributed by atoms with Crippen LogP contribution in [0, 0.1) is 0 Å². The second kappa shape index (κ2) is 7.73. The van der Waals surface area contributed by atoms with Gasteiger partial charge in [-0.05, 0) is 24.3 Å². The van der Waals surface area contributed by atoms with E-state index in [1.54, 1.807) is 32.4 Å². The van der Waals surface area contributed by atoms with Gasteiger partial charge in [0.15, 0.2) is 17.3 Å². The Morgan fingerprint density at radius 3 is 2.63 bits per heavy atom. The first-order valence-electron chi connectivity index (χ1n) is 8.02. The molecule has 0 aliphatic carbocycles. The molecular formula is C18H18N4O5. The van der Waals surface area contributed by atoms with Crippen molar-refractivity contribution in [2.75, 3.05) is 14.2 Å². The predicted octanol–water partition coefficient (Wildman–Crippen LogP) is 1.38. The third-order valence-corrected chi connectivity index (χ3v) is 3.85. The predicted molar refractivity (Wildman–Crippen MR) is 95.7 cm³/mol. The van der Waals surface area contributed by atoms with Gasteiger partial charge in [0.25, 0.3) is 11.5 Å². The van der Waals surface area contributed by atoms with Gasteiger partial charge in [0.2, 0.25) is 0 Å². The summed E-state index contributed by atoms with van der Waals surface area (Å²) in [7, 11) is 4.59. The lowest BCUT2D eigenvalue weighted by molar-refractivity contribution is 0.0942. The molecule has 3 aromatic rings. The van der Waals surface area contributed by atoms with Crippen molar-refractivity contribution in [1.82, 2.24) is 20.3 Å². The van der Waals surface area contributed by atoms with Crippen molar-refractivity contribution in [1.29, 1.82) is 0 Å². The van der Waals surface area contributed by atoms with Gasteiger partial charge in [-0.2, -0.15) is 5.10 Å². The molecule has 0 saturated carbocycles. The van der Waals surface area contributed by atoms with E-state index >= 15 is 0 Å². The molecular weight excluding hydrogens is 352 g/mol. The molecule has 0 spiro atoms. The summed E-state index contributed by atoms with van der Waals surface area (Å²) < 4.78 is 16.9. The van der Waals surface area contributed by atoms with Crippen LogP contribution in [0.25, 0.3) is 11.3 Å². The molecule has 0 atom stereocenters. The molecule has 0 aliphatic heterocycles. The van der Waals surface area contributed by atoms with Gasteiger partial charge in [-0.15, -0.1) is 0 Å². The van der Waals surface area contributed by atoms with Crippen LogP contribution in [0.3, 0.4) is 0 Å². The van der Waals surface area contributed by atoms with Gasteiger partial charge in [0.1, 0.15) is 11.4 Å². The van der Waals surface area contributed by atoms with E-state index in [-0.39, 0.29) is 17.8 Å². The minimum Gasteiger partial charge on any atom is -0.493 e. The van der Waals surface area contributed by atoms with Crippen LogP contribution in [0.1, 0.15) is 16.2 Å². The summed E-state index contributed by atoms with van der Waals surface area (Å²) in [5.41, 5.74) is 1.15. The summed E-state index contributed by atoms with van der Waals surface area (Å²) in [6, 6.07) is 9.73. The first-order chi connectivity index (χ1) is 13.0. The Morgan fingerprint density at radius 2 is 1.93 bits per heavy atom. The van der Waals surface area contributed by atoms with Crippen molar-refractivity contribution in [2.24, 2.45) is 7.05 Å². The van der Waals surface area contributed by atoms with E-state index in [1.807, 2.05) is 6.07 Å². The number of ether oxygens (including phenoxy) is 2. The summed E-state index contributed by atoms with van der Waals surface area (Å²) >= 11 is 0. The van der Waals surface area contributed by atoms with Crippen molar-refractivity contribution >= 4 is 5.91 Å². The quantitative estimate of drug-likeness (QED) is 0.698. The maximum absolute atomic E-state index is 12.1. The monoisotopic (exact) mass is 370 g/mol. The highest BCUT2D eigenvalue weighted by Gasteiger charge is 2.13. The molecule has 2 aromatic heterocycles. The zero-order chi connectivity index (χ0) is 19.4. The van der Waals surface area contributed by atoms with Crippen LogP contribution in [-0.2, 0) is 13.6 Å². The largest absolute Gasteiger partial charge is 0.493 e. The summed E-state index contributed by atoms with van der Waals surface area (Å²) in [5.74, 6) is 1.29. The molecule has 1 amide bonds. The van der Waals surface area contributed by atoms with Gasteiger partial charge in [-0.1, -0.05) is 5.16 Å². The van der Waals surface area contributed by atoms with E-state index in [0.717, 1.165) is 10.2 Å². The Bertz CT molecular complexity index is 1020. The molecule has 9 heteroatoms. The van der Waals surface area contributed by atoms with E-state index in [1.165, 1.54) is 19.2 Å². The number of hydrogen-bond donors (Lipinski definition) is 1. The van der Waals surface area contributed by atoms with Gasteiger partial charge >= 0.3 is 0 Å². The summed E-state index contributed by atoms with van der Waals surface area (Å²) in [6.45, 7) is 0.153. The van der Waals surface area contributed by atoms with Gasteiger partial charge in [0.05, 0.1) is 20.8 Å². The Morgan fingerprint density at radius 1 is 1.15 bits per heavy atom. The molecule has 0 radical (unpaired) electrons. The van der Waals surface area contributed by atoms with Crippen molar-refractivity contribution in [2.45, 2.75) is 6.54 Å². The van der Waals surface area contributed by atoms with Crippen LogP contribution in [-0.4, -0.2) is 35.1 Å². The lowest BCUT2D eigenvalue weighted by Gasteiger charge is -2.07.